The standard InChI is InChI=1S/C16H24BrN3O/c1-3-19-10-11(17)7-15(19)16(21)20(4-2)14-8-12-5-6-13(9-14)18-12/h7,10,12-14,18H,3-6,8-9H2,1-2H3. The molecule has 21 heavy (non-hydrogen) atoms. The molecule has 3 heterocycles. The molecule has 2 fully saturated rings. The third kappa shape index (κ3) is 2.90. The highest BCUT2D eigenvalue weighted by molar-refractivity contribution is 9.10. The van der Waals surface area contributed by atoms with E-state index >= 15 is 0 Å². The van der Waals surface area contributed by atoms with Gasteiger partial charge in [0, 0.05) is 41.9 Å². The second-order valence-electron chi connectivity index (χ2n) is 6.18. The third-order valence-electron chi connectivity index (χ3n) is 4.91. The third-order valence-corrected chi connectivity index (χ3v) is 5.35. The van der Waals surface area contributed by atoms with Crippen molar-refractivity contribution in [2.75, 3.05) is 6.54 Å². The minimum absolute atomic E-state index is 0.177. The summed E-state index contributed by atoms with van der Waals surface area (Å²) in [5.41, 5.74) is 0.803. The van der Waals surface area contributed by atoms with Gasteiger partial charge in [-0.25, -0.2) is 0 Å². The molecule has 0 saturated carbocycles. The van der Waals surface area contributed by atoms with Gasteiger partial charge in [0.1, 0.15) is 5.69 Å². The molecule has 0 aliphatic carbocycles. The summed E-state index contributed by atoms with van der Waals surface area (Å²) in [5, 5.41) is 3.65. The number of aromatic nitrogens is 1. The van der Waals surface area contributed by atoms with Crippen LogP contribution in [-0.4, -0.2) is 40.0 Å². The van der Waals surface area contributed by atoms with Gasteiger partial charge in [0.25, 0.3) is 5.91 Å². The summed E-state index contributed by atoms with van der Waals surface area (Å²) in [5.74, 6) is 0.177. The number of fused-ring (bicyclic) bond motifs is 2. The summed E-state index contributed by atoms with van der Waals surface area (Å²) >= 11 is 3.49. The first-order valence-electron chi connectivity index (χ1n) is 8.05. The Morgan fingerprint density at radius 1 is 1.38 bits per heavy atom. The summed E-state index contributed by atoms with van der Waals surface area (Å²) in [6.07, 6.45) is 6.73. The topological polar surface area (TPSA) is 37.3 Å². The van der Waals surface area contributed by atoms with Crippen LogP contribution in [0, 0.1) is 0 Å². The van der Waals surface area contributed by atoms with Crippen molar-refractivity contribution in [1.29, 1.82) is 0 Å². The van der Waals surface area contributed by atoms with Crippen molar-refractivity contribution in [3.8, 4) is 0 Å². The predicted octanol–water partition coefficient (Wildman–Crippen LogP) is 3.02. The van der Waals surface area contributed by atoms with Crippen LogP contribution in [-0.2, 0) is 6.54 Å². The molecule has 2 aliphatic heterocycles. The number of nitrogens with one attached hydrogen (secondary N) is 1. The lowest BCUT2D eigenvalue weighted by atomic mass is 9.98. The van der Waals surface area contributed by atoms with Gasteiger partial charge < -0.3 is 14.8 Å². The summed E-state index contributed by atoms with van der Waals surface area (Å²) in [4.78, 5) is 15.0. The Hall–Kier alpha value is -0.810. The van der Waals surface area contributed by atoms with Crippen molar-refractivity contribution in [3.05, 3.63) is 22.4 Å². The highest BCUT2D eigenvalue weighted by atomic mass is 79.9. The molecule has 1 amide bonds. The van der Waals surface area contributed by atoms with Crippen LogP contribution >= 0.6 is 15.9 Å². The molecule has 116 valence electrons. The minimum Gasteiger partial charge on any atom is -0.343 e. The van der Waals surface area contributed by atoms with Gasteiger partial charge in [0.15, 0.2) is 0 Å². The zero-order valence-electron chi connectivity index (χ0n) is 12.8. The maximum Gasteiger partial charge on any atom is 0.270 e. The van der Waals surface area contributed by atoms with Crippen molar-refractivity contribution in [1.82, 2.24) is 14.8 Å². The molecule has 4 nitrogen and oxygen atoms in total. The van der Waals surface area contributed by atoms with Crippen molar-refractivity contribution in [2.24, 2.45) is 0 Å². The van der Waals surface area contributed by atoms with Crippen molar-refractivity contribution in [3.63, 3.8) is 0 Å². The zero-order valence-corrected chi connectivity index (χ0v) is 14.4. The lowest BCUT2D eigenvalue weighted by Gasteiger charge is -2.37. The first-order valence-corrected chi connectivity index (χ1v) is 8.84. The molecule has 3 rings (SSSR count). The second-order valence-corrected chi connectivity index (χ2v) is 7.10. The first kappa shape index (κ1) is 15.1. The molecule has 0 aromatic carbocycles. The van der Waals surface area contributed by atoms with Gasteiger partial charge in [0.2, 0.25) is 0 Å². The van der Waals surface area contributed by atoms with E-state index in [2.05, 4.69) is 40.0 Å². The van der Waals surface area contributed by atoms with Crippen LogP contribution in [0.1, 0.15) is 50.0 Å². The van der Waals surface area contributed by atoms with E-state index in [4.69, 9.17) is 0 Å². The van der Waals surface area contributed by atoms with E-state index in [0.29, 0.717) is 18.1 Å². The highest BCUT2D eigenvalue weighted by Gasteiger charge is 2.37. The molecule has 2 aliphatic rings. The maximum atomic E-state index is 13.0. The maximum absolute atomic E-state index is 13.0. The number of hydrogen-bond donors (Lipinski definition) is 1. The lowest BCUT2D eigenvalue weighted by molar-refractivity contribution is 0.0620. The van der Waals surface area contributed by atoms with Crippen molar-refractivity contribution >= 4 is 21.8 Å². The van der Waals surface area contributed by atoms with E-state index in [1.807, 2.05) is 16.8 Å². The monoisotopic (exact) mass is 353 g/mol. The molecule has 1 aromatic heterocycles. The van der Waals surface area contributed by atoms with Gasteiger partial charge in [-0.1, -0.05) is 0 Å². The molecule has 1 N–H and O–H groups in total. The van der Waals surface area contributed by atoms with Crippen molar-refractivity contribution in [2.45, 2.75) is 64.2 Å². The number of carbonyl (C=O) groups excluding carboxylic acids is 1. The Bertz CT molecular complexity index is 516. The number of rotatable bonds is 4. The van der Waals surface area contributed by atoms with E-state index in [9.17, 15) is 4.79 Å². The molecule has 0 spiro atoms. The number of hydrogen-bond acceptors (Lipinski definition) is 2. The molecule has 1 aromatic rings. The van der Waals surface area contributed by atoms with Crippen LogP contribution < -0.4 is 5.32 Å². The number of halogens is 1. The van der Waals surface area contributed by atoms with Crippen LogP contribution in [0.15, 0.2) is 16.7 Å². The average molecular weight is 354 g/mol. The number of carbonyl (C=O) groups is 1. The Kier molecular flexibility index (Phi) is 4.41. The Morgan fingerprint density at radius 2 is 2.05 bits per heavy atom. The SMILES string of the molecule is CCN(C(=O)c1cc(Br)cn1CC)C1CC2CCC(C1)N2. The van der Waals surface area contributed by atoms with Gasteiger partial charge in [0.05, 0.1) is 0 Å². The van der Waals surface area contributed by atoms with E-state index < -0.39 is 0 Å². The lowest BCUT2D eigenvalue weighted by Crippen LogP contribution is -2.50. The quantitative estimate of drug-likeness (QED) is 0.903. The van der Waals surface area contributed by atoms with Crippen LogP contribution in [0.5, 0.6) is 0 Å². The second kappa shape index (κ2) is 6.13. The molecular weight excluding hydrogens is 330 g/mol. The normalized spacial score (nSPS) is 27.9. The fourth-order valence-electron chi connectivity index (χ4n) is 3.91. The Labute approximate surface area is 135 Å². The largest absolute Gasteiger partial charge is 0.343 e. The van der Waals surface area contributed by atoms with Crippen LogP contribution in [0.4, 0.5) is 0 Å². The predicted molar refractivity (Wildman–Crippen MR) is 87.5 cm³/mol. The van der Waals surface area contributed by atoms with Gasteiger partial charge in [-0.3, -0.25) is 4.79 Å². The molecule has 0 radical (unpaired) electrons. The molecule has 2 saturated heterocycles. The van der Waals surface area contributed by atoms with Gasteiger partial charge in [-0.05, 0) is 61.5 Å². The van der Waals surface area contributed by atoms with Crippen LogP contribution in [0.25, 0.3) is 0 Å². The van der Waals surface area contributed by atoms with E-state index in [1.165, 1.54) is 12.8 Å². The molecule has 2 bridgehead atoms. The number of nitrogens with zero attached hydrogens (tertiary/aromatic N) is 2. The zero-order chi connectivity index (χ0) is 15.0. The summed E-state index contributed by atoms with van der Waals surface area (Å²) < 4.78 is 3.01. The fourth-order valence-corrected chi connectivity index (χ4v) is 4.38. The minimum atomic E-state index is 0.177. The average Bonchev–Trinajstić information content (AvgIpc) is 3.02. The highest BCUT2D eigenvalue weighted by Crippen LogP contribution is 2.30. The number of aryl methyl sites for hydroxylation is 1. The number of piperidine rings is 1. The smallest absolute Gasteiger partial charge is 0.270 e. The molecule has 2 atom stereocenters. The van der Waals surface area contributed by atoms with Crippen LogP contribution in [0.3, 0.4) is 0 Å². The molecule has 2 unspecified atom stereocenters. The summed E-state index contributed by atoms with van der Waals surface area (Å²) in [6.45, 7) is 5.78. The summed E-state index contributed by atoms with van der Waals surface area (Å²) in [6, 6.07) is 3.56. The molecular formula is C16H24BrN3O. The number of amides is 1. The summed E-state index contributed by atoms with van der Waals surface area (Å²) in [7, 11) is 0. The Balaban J connectivity index is 1.80. The van der Waals surface area contributed by atoms with E-state index in [0.717, 1.165) is 36.1 Å². The van der Waals surface area contributed by atoms with Gasteiger partial charge in [-0.15, -0.1) is 0 Å². The van der Waals surface area contributed by atoms with E-state index in [-0.39, 0.29) is 5.91 Å². The van der Waals surface area contributed by atoms with Crippen LogP contribution in [0.2, 0.25) is 0 Å². The fraction of sp³-hybridized carbons (Fsp3) is 0.688. The Morgan fingerprint density at radius 3 is 2.62 bits per heavy atom. The van der Waals surface area contributed by atoms with Crippen molar-refractivity contribution < 1.29 is 4.79 Å². The molecule has 5 heteroatoms. The van der Waals surface area contributed by atoms with Gasteiger partial charge >= 0.3 is 0 Å². The van der Waals surface area contributed by atoms with E-state index in [1.54, 1.807) is 0 Å². The van der Waals surface area contributed by atoms with Gasteiger partial charge in [-0.2, -0.15) is 0 Å². The first-order chi connectivity index (χ1) is 10.1.